The van der Waals surface area contributed by atoms with Crippen LogP contribution in [0.5, 0.6) is 0 Å². The number of halogens is 1. The van der Waals surface area contributed by atoms with Crippen molar-refractivity contribution in [1.82, 2.24) is 0 Å². The Labute approximate surface area is 113 Å². The van der Waals surface area contributed by atoms with E-state index in [9.17, 15) is 9.59 Å². The highest BCUT2D eigenvalue weighted by Gasteiger charge is 2.22. The molecule has 0 saturated carbocycles. The summed E-state index contributed by atoms with van der Waals surface area (Å²) in [4.78, 5) is 21.7. The quantitative estimate of drug-likeness (QED) is 0.879. The van der Waals surface area contributed by atoms with E-state index in [2.05, 4.69) is 0 Å². The zero-order chi connectivity index (χ0) is 14.0. The van der Waals surface area contributed by atoms with Crippen LogP contribution in [0.15, 0.2) is 28.9 Å². The number of carboxylic acid groups (broad SMARTS) is 2. The lowest BCUT2D eigenvalue weighted by molar-refractivity contribution is -0.139. The van der Waals surface area contributed by atoms with Crippen LogP contribution in [0.3, 0.4) is 0 Å². The second-order valence-corrected chi connectivity index (χ2v) is 4.60. The van der Waals surface area contributed by atoms with Gasteiger partial charge in [0.2, 0.25) is 0 Å². The van der Waals surface area contributed by atoms with Gasteiger partial charge in [0.1, 0.15) is 0 Å². The number of hydrogen-bond donors (Lipinski definition) is 2. The highest BCUT2D eigenvalue weighted by Crippen LogP contribution is 2.34. The summed E-state index contributed by atoms with van der Waals surface area (Å²) in [5, 5.41) is 18.8. The van der Waals surface area contributed by atoms with E-state index in [1.54, 1.807) is 18.2 Å². The Bertz CT molecular complexity index is 615. The van der Waals surface area contributed by atoms with Gasteiger partial charge in [-0.05, 0) is 17.7 Å². The van der Waals surface area contributed by atoms with Gasteiger partial charge in [-0.1, -0.05) is 17.7 Å². The van der Waals surface area contributed by atoms with Crippen molar-refractivity contribution in [1.29, 1.82) is 0 Å². The standard InChI is InChI=1S/C13H11ClO5/c14-10-2-1-8(9-3-4-19-13(9)10)7(5-11(15)16)6-12(17)18/h1-4,7H,5-6H2,(H,15,16)(H,17,18). The monoisotopic (exact) mass is 282 g/mol. The molecule has 2 aromatic rings. The molecule has 0 bridgehead atoms. The third-order valence-corrected chi connectivity index (χ3v) is 3.18. The van der Waals surface area contributed by atoms with Crippen molar-refractivity contribution in [2.45, 2.75) is 18.8 Å². The van der Waals surface area contributed by atoms with Gasteiger partial charge in [-0.3, -0.25) is 9.59 Å². The van der Waals surface area contributed by atoms with Gasteiger partial charge in [-0.2, -0.15) is 0 Å². The number of carboxylic acids is 2. The molecule has 1 heterocycles. The van der Waals surface area contributed by atoms with Crippen molar-refractivity contribution in [3.63, 3.8) is 0 Å². The van der Waals surface area contributed by atoms with Crippen LogP contribution in [0.2, 0.25) is 5.02 Å². The first kappa shape index (κ1) is 13.4. The molecule has 0 spiro atoms. The molecule has 19 heavy (non-hydrogen) atoms. The fourth-order valence-corrected chi connectivity index (χ4v) is 2.33. The molecule has 1 aromatic carbocycles. The fraction of sp³-hybridized carbons (Fsp3) is 0.231. The Hall–Kier alpha value is -2.01. The summed E-state index contributed by atoms with van der Waals surface area (Å²) in [5.74, 6) is -2.71. The van der Waals surface area contributed by atoms with Gasteiger partial charge in [0.25, 0.3) is 0 Å². The summed E-state index contributed by atoms with van der Waals surface area (Å²) in [7, 11) is 0. The average molecular weight is 283 g/mol. The first-order valence-corrected chi connectivity index (χ1v) is 5.96. The molecule has 0 unspecified atom stereocenters. The van der Waals surface area contributed by atoms with E-state index >= 15 is 0 Å². The molecule has 2 rings (SSSR count). The molecule has 100 valence electrons. The minimum absolute atomic E-state index is 0.256. The molecule has 6 heteroatoms. The third kappa shape index (κ3) is 2.88. The molecule has 0 radical (unpaired) electrons. The van der Waals surface area contributed by atoms with Crippen LogP contribution in [0.25, 0.3) is 11.0 Å². The minimum atomic E-state index is -1.04. The van der Waals surface area contributed by atoms with Crippen LogP contribution >= 0.6 is 11.6 Å². The largest absolute Gasteiger partial charge is 0.481 e. The summed E-state index contributed by atoms with van der Waals surface area (Å²) in [6, 6.07) is 4.89. The first-order valence-electron chi connectivity index (χ1n) is 5.58. The Balaban J connectivity index is 2.49. The maximum absolute atomic E-state index is 10.9. The minimum Gasteiger partial charge on any atom is -0.481 e. The summed E-state index contributed by atoms with van der Waals surface area (Å²) in [5.41, 5.74) is 1.07. The van der Waals surface area contributed by atoms with Gasteiger partial charge < -0.3 is 14.6 Å². The van der Waals surface area contributed by atoms with Crippen molar-refractivity contribution in [2.24, 2.45) is 0 Å². The highest BCUT2D eigenvalue weighted by molar-refractivity contribution is 6.34. The number of rotatable bonds is 5. The van der Waals surface area contributed by atoms with Gasteiger partial charge >= 0.3 is 11.9 Å². The molecular weight excluding hydrogens is 272 g/mol. The van der Waals surface area contributed by atoms with E-state index < -0.39 is 17.9 Å². The SMILES string of the molecule is O=C(O)CC(CC(=O)O)c1ccc(Cl)c2occc12. The summed E-state index contributed by atoms with van der Waals surface area (Å²) >= 11 is 5.96. The van der Waals surface area contributed by atoms with Gasteiger partial charge in [-0.15, -0.1) is 0 Å². The number of hydrogen-bond acceptors (Lipinski definition) is 3. The predicted octanol–water partition coefficient (Wildman–Crippen LogP) is 3.12. The Kier molecular flexibility index (Phi) is 3.76. The number of aliphatic carboxylic acids is 2. The third-order valence-electron chi connectivity index (χ3n) is 2.88. The molecule has 0 fully saturated rings. The molecule has 2 N–H and O–H groups in total. The van der Waals surface area contributed by atoms with Crippen molar-refractivity contribution in [3.8, 4) is 0 Å². The van der Waals surface area contributed by atoms with Gasteiger partial charge in [-0.25, -0.2) is 0 Å². The second kappa shape index (κ2) is 5.32. The van der Waals surface area contributed by atoms with Crippen molar-refractivity contribution < 1.29 is 24.2 Å². The molecule has 5 nitrogen and oxygen atoms in total. The topological polar surface area (TPSA) is 87.7 Å². The maximum atomic E-state index is 10.9. The molecule has 0 aliphatic heterocycles. The smallest absolute Gasteiger partial charge is 0.303 e. The molecule has 1 aromatic heterocycles. The van der Waals surface area contributed by atoms with Crippen LogP contribution < -0.4 is 0 Å². The molecule has 0 aliphatic rings. The van der Waals surface area contributed by atoms with Gasteiger partial charge in [0.05, 0.1) is 24.1 Å². The number of benzene rings is 1. The van der Waals surface area contributed by atoms with E-state index in [0.717, 1.165) is 0 Å². The lowest BCUT2D eigenvalue weighted by atomic mass is 9.90. The number of carbonyl (C=O) groups is 2. The highest BCUT2D eigenvalue weighted by atomic mass is 35.5. The van der Waals surface area contributed by atoms with Crippen LogP contribution in [-0.4, -0.2) is 22.2 Å². The predicted molar refractivity (Wildman–Crippen MR) is 68.5 cm³/mol. The maximum Gasteiger partial charge on any atom is 0.303 e. The molecule has 0 saturated heterocycles. The molecule has 0 aliphatic carbocycles. The van der Waals surface area contributed by atoms with E-state index in [1.807, 2.05) is 0 Å². The van der Waals surface area contributed by atoms with Gasteiger partial charge in [0.15, 0.2) is 5.58 Å². The zero-order valence-corrected chi connectivity index (χ0v) is 10.6. The van der Waals surface area contributed by atoms with Crippen molar-refractivity contribution >= 4 is 34.5 Å². The van der Waals surface area contributed by atoms with Crippen LogP contribution in [-0.2, 0) is 9.59 Å². The van der Waals surface area contributed by atoms with Crippen LogP contribution in [0.4, 0.5) is 0 Å². The van der Waals surface area contributed by atoms with E-state index in [0.29, 0.717) is 21.6 Å². The first-order chi connectivity index (χ1) is 8.99. The molecule has 0 atom stereocenters. The Morgan fingerprint density at radius 2 is 1.79 bits per heavy atom. The summed E-state index contributed by atoms with van der Waals surface area (Å²) in [6.07, 6.45) is 0.932. The lowest BCUT2D eigenvalue weighted by Gasteiger charge is -2.14. The number of furan rings is 1. The van der Waals surface area contributed by atoms with E-state index in [1.165, 1.54) is 6.26 Å². The average Bonchev–Trinajstić information content (AvgIpc) is 2.77. The lowest BCUT2D eigenvalue weighted by Crippen LogP contribution is -2.11. The normalized spacial score (nSPS) is 11.1. The Morgan fingerprint density at radius 1 is 1.16 bits per heavy atom. The number of fused-ring (bicyclic) bond motifs is 1. The summed E-state index contributed by atoms with van der Waals surface area (Å²) < 4.78 is 5.22. The van der Waals surface area contributed by atoms with Crippen molar-refractivity contribution in [3.05, 3.63) is 35.0 Å². The molecule has 0 amide bonds. The zero-order valence-electron chi connectivity index (χ0n) is 9.80. The van der Waals surface area contributed by atoms with E-state index in [4.69, 9.17) is 26.2 Å². The fourth-order valence-electron chi connectivity index (χ4n) is 2.12. The Morgan fingerprint density at radius 3 is 2.37 bits per heavy atom. The van der Waals surface area contributed by atoms with Crippen molar-refractivity contribution in [2.75, 3.05) is 0 Å². The second-order valence-electron chi connectivity index (χ2n) is 4.19. The van der Waals surface area contributed by atoms with Crippen LogP contribution in [0.1, 0.15) is 24.3 Å². The summed E-state index contributed by atoms with van der Waals surface area (Å²) in [6.45, 7) is 0. The van der Waals surface area contributed by atoms with Crippen LogP contribution in [0, 0.1) is 0 Å². The molecular formula is C13H11ClO5. The van der Waals surface area contributed by atoms with E-state index in [-0.39, 0.29) is 12.8 Å². The van der Waals surface area contributed by atoms with Gasteiger partial charge in [0, 0.05) is 11.3 Å².